The Labute approximate surface area is 171 Å². The van der Waals surface area contributed by atoms with Gasteiger partial charge in [-0.3, -0.25) is 0 Å². The number of methoxy groups -OCH3 is 1. The summed E-state index contributed by atoms with van der Waals surface area (Å²) in [4.78, 5) is 0. The van der Waals surface area contributed by atoms with Crippen LogP contribution in [0.15, 0.2) is 84.9 Å². The lowest BCUT2D eigenvalue weighted by atomic mass is 10.1. The van der Waals surface area contributed by atoms with Crippen LogP contribution in [0.4, 0.5) is 5.69 Å². The van der Waals surface area contributed by atoms with Crippen LogP contribution >= 0.6 is 0 Å². The van der Waals surface area contributed by atoms with E-state index in [4.69, 9.17) is 9.47 Å². The number of anilines is 1. The highest BCUT2D eigenvalue weighted by atomic mass is 16.5. The quantitative estimate of drug-likeness (QED) is 0.384. The molecule has 0 bridgehead atoms. The van der Waals surface area contributed by atoms with Crippen molar-refractivity contribution in [1.29, 1.82) is 0 Å². The molecule has 4 aromatic rings. The van der Waals surface area contributed by atoms with Gasteiger partial charge in [0, 0.05) is 11.4 Å². The molecule has 1 unspecified atom stereocenters. The van der Waals surface area contributed by atoms with Crippen LogP contribution in [0, 0.1) is 6.92 Å². The summed E-state index contributed by atoms with van der Waals surface area (Å²) >= 11 is 0. The molecule has 4 rings (SSSR count). The maximum atomic E-state index is 6.42. The van der Waals surface area contributed by atoms with Gasteiger partial charge in [0.1, 0.15) is 11.5 Å². The van der Waals surface area contributed by atoms with Crippen molar-refractivity contribution in [2.45, 2.75) is 19.9 Å². The predicted molar refractivity (Wildman–Crippen MR) is 120 cm³/mol. The normalized spacial score (nSPS) is 11.8. The minimum absolute atomic E-state index is 0.150. The first kappa shape index (κ1) is 18.9. The molecule has 4 aromatic carbocycles. The van der Waals surface area contributed by atoms with Gasteiger partial charge >= 0.3 is 0 Å². The molecule has 0 aliphatic rings. The fourth-order valence-corrected chi connectivity index (χ4v) is 3.56. The van der Waals surface area contributed by atoms with Crippen molar-refractivity contribution in [3.05, 3.63) is 96.1 Å². The van der Waals surface area contributed by atoms with Crippen molar-refractivity contribution in [2.75, 3.05) is 12.4 Å². The van der Waals surface area contributed by atoms with Gasteiger partial charge < -0.3 is 14.8 Å². The van der Waals surface area contributed by atoms with Crippen molar-refractivity contribution in [1.82, 2.24) is 0 Å². The zero-order chi connectivity index (χ0) is 20.2. The molecule has 0 spiro atoms. The van der Waals surface area contributed by atoms with Crippen LogP contribution < -0.4 is 14.8 Å². The summed E-state index contributed by atoms with van der Waals surface area (Å²) in [5, 5.41) is 5.85. The monoisotopic (exact) mass is 383 g/mol. The molecule has 0 aliphatic heterocycles. The van der Waals surface area contributed by atoms with E-state index in [2.05, 4.69) is 60.8 Å². The van der Waals surface area contributed by atoms with E-state index in [0.29, 0.717) is 0 Å². The van der Waals surface area contributed by atoms with Gasteiger partial charge in [0.05, 0.1) is 12.8 Å². The van der Waals surface area contributed by atoms with E-state index >= 15 is 0 Å². The second-order valence-corrected chi connectivity index (χ2v) is 7.17. The molecule has 0 fully saturated rings. The Morgan fingerprint density at radius 2 is 1.59 bits per heavy atom. The highest BCUT2D eigenvalue weighted by Gasteiger charge is 2.14. The van der Waals surface area contributed by atoms with Crippen molar-refractivity contribution in [3.8, 4) is 17.2 Å². The fraction of sp³-hybridized carbons (Fsp3) is 0.154. The zero-order valence-corrected chi connectivity index (χ0v) is 17.0. The molecule has 0 amide bonds. The van der Waals surface area contributed by atoms with E-state index in [1.807, 2.05) is 43.3 Å². The second kappa shape index (κ2) is 8.27. The van der Waals surface area contributed by atoms with Gasteiger partial charge in [0.2, 0.25) is 0 Å². The molecule has 1 atom stereocenters. The molecular weight excluding hydrogens is 358 g/mol. The topological polar surface area (TPSA) is 30.5 Å². The van der Waals surface area contributed by atoms with Crippen LogP contribution in [0.5, 0.6) is 17.2 Å². The lowest BCUT2D eigenvalue weighted by molar-refractivity contribution is 0.409. The summed E-state index contributed by atoms with van der Waals surface area (Å²) in [6, 6.07) is 29.0. The molecule has 0 aliphatic carbocycles. The number of hydrogen-bond donors (Lipinski definition) is 1. The molecular formula is C26H25NO2. The third-order valence-electron chi connectivity index (χ3n) is 5.14. The molecule has 3 nitrogen and oxygen atoms in total. The SMILES string of the molecule is COc1ccc(Oc2c(NC(C)c3ccccc3)ccc3ccccc23)cc1C. The third-order valence-corrected chi connectivity index (χ3v) is 5.14. The predicted octanol–water partition coefficient (Wildman–Crippen LogP) is 7.12. The summed E-state index contributed by atoms with van der Waals surface area (Å²) < 4.78 is 11.8. The van der Waals surface area contributed by atoms with Crippen molar-refractivity contribution in [2.24, 2.45) is 0 Å². The zero-order valence-electron chi connectivity index (χ0n) is 17.0. The van der Waals surface area contributed by atoms with Crippen LogP contribution in [0.25, 0.3) is 10.8 Å². The molecule has 0 saturated heterocycles. The summed E-state index contributed by atoms with van der Waals surface area (Å²) in [5.74, 6) is 2.47. The summed E-state index contributed by atoms with van der Waals surface area (Å²) in [6.45, 7) is 4.18. The largest absolute Gasteiger partial charge is 0.496 e. The van der Waals surface area contributed by atoms with Gasteiger partial charge in [0.25, 0.3) is 0 Å². The average molecular weight is 383 g/mol. The molecule has 3 heteroatoms. The number of fused-ring (bicyclic) bond motifs is 1. The highest BCUT2D eigenvalue weighted by molar-refractivity contribution is 5.93. The van der Waals surface area contributed by atoms with Crippen molar-refractivity contribution < 1.29 is 9.47 Å². The van der Waals surface area contributed by atoms with Crippen LogP contribution in [0.1, 0.15) is 24.1 Å². The minimum Gasteiger partial charge on any atom is -0.496 e. The molecule has 146 valence electrons. The number of ether oxygens (including phenoxy) is 2. The Kier molecular flexibility index (Phi) is 5.39. The van der Waals surface area contributed by atoms with Crippen LogP contribution in [0.3, 0.4) is 0 Å². The van der Waals surface area contributed by atoms with Crippen LogP contribution in [-0.2, 0) is 0 Å². The Morgan fingerprint density at radius 3 is 2.34 bits per heavy atom. The van der Waals surface area contributed by atoms with Gasteiger partial charge in [-0.15, -0.1) is 0 Å². The molecule has 29 heavy (non-hydrogen) atoms. The summed E-state index contributed by atoms with van der Waals surface area (Å²) in [7, 11) is 1.68. The highest BCUT2D eigenvalue weighted by Crippen LogP contribution is 2.39. The van der Waals surface area contributed by atoms with Gasteiger partial charge in [-0.05, 0) is 54.6 Å². The lowest BCUT2D eigenvalue weighted by Gasteiger charge is -2.20. The van der Waals surface area contributed by atoms with E-state index in [1.165, 1.54) is 5.56 Å². The number of nitrogens with one attached hydrogen (secondary N) is 1. The number of aryl methyl sites for hydroxylation is 1. The lowest BCUT2D eigenvalue weighted by Crippen LogP contribution is -2.07. The Bertz CT molecular complexity index is 1120. The van der Waals surface area contributed by atoms with E-state index < -0.39 is 0 Å². The molecule has 1 N–H and O–H groups in total. The standard InChI is InChI=1S/C26H25NO2/c1-18-17-22(14-16-25(18)28-3)29-26-23-12-8-7-11-21(23)13-15-24(26)27-19(2)20-9-5-4-6-10-20/h4-17,19,27H,1-3H3. The van der Waals surface area contributed by atoms with Crippen molar-refractivity contribution in [3.63, 3.8) is 0 Å². The van der Waals surface area contributed by atoms with Gasteiger partial charge in [-0.1, -0.05) is 60.7 Å². The number of rotatable bonds is 6. The van der Waals surface area contributed by atoms with E-state index in [9.17, 15) is 0 Å². The van der Waals surface area contributed by atoms with Gasteiger partial charge in [-0.2, -0.15) is 0 Å². The number of benzene rings is 4. The van der Waals surface area contributed by atoms with E-state index in [0.717, 1.165) is 39.3 Å². The van der Waals surface area contributed by atoms with Crippen LogP contribution in [0.2, 0.25) is 0 Å². The Hall–Kier alpha value is -3.46. The molecule has 0 radical (unpaired) electrons. The first-order chi connectivity index (χ1) is 14.2. The van der Waals surface area contributed by atoms with Gasteiger partial charge in [-0.25, -0.2) is 0 Å². The average Bonchev–Trinajstić information content (AvgIpc) is 2.76. The fourth-order valence-electron chi connectivity index (χ4n) is 3.56. The van der Waals surface area contributed by atoms with E-state index in [1.54, 1.807) is 7.11 Å². The molecule has 0 saturated carbocycles. The first-order valence-corrected chi connectivity index (χ1v) is 9.81. The summed E-state index contributed by atoms with van der Waals surface area (Å²) in [6.07, 6.45) is 0. The maximum Gasteiger partial charge on any atom is 0.158 e. The van der Waals surface area contributed by atoms with Gasteiger partial charge in [0.15, 0.2) is 5.75 Å². The first-order valence-electron chi connectivity index (χ1n) is 9.81. The third kappa shape index (κ3) is 4.04. The Balaban J connectivity index is 1.74. The van der Waals surface area contributed by atoms with E-state index in [-0.39, 0.29) is 6.04 Å². The van der Waals surface area contributed by atoms with Crippen molar-refractivity contribution >= 4 is 16.5 Å². The maximum absolute atomic E-state index is 6.42. The smallest absolute Gasteiger partial charge is 0.158 e. The number of hydrogen-bond acceptors (Lipinski definition) is 3. The minimum atomic E-state index is 0.150. The molecule has 0 heterocycles. The van der Waals surface area contributed by atoms with Crippen LogP contribution in [-0.4, -0.2) is 7.11 Å². The molecule has 0 aromatic heterocycles. The second-order valence-electron chi connectivity index (χ2n) is 7.17. The Morgan fingerprint density at radius 1 is 0.828 bits per heavy atom. The summed E-state index contributed by atoms with van der Waals surface area (Å²) in [5.41, 5.74) is 3.23.